The van der Waals surface area contributed by atoms with Gasteiger partial charge >= 0.3 is 0 Å². The predicted octanol–water partition coefficient (Wildman–Crippen LogP) is 2.19. The largest absolute Gasteiger partial charge is 0.338 e. The van der Waals surface area contributed by atoms with Crippen molar-refractivity contribution in [3.05, 3.63) is 48.6 Å². The fourth-order valence-electron chi connectivity index (χ4n) is 2.05. The zero-order chi connectivity index (χ0) is 10.7. The molecule has 1 fully saturated rings. The summed E-state index contributed by atoms with van der Waals surface area (Å²) in [5.41, 5.74) is 1.26. The Bertz CT molecular complexity index is 358. The molecule has 1 aliphatic heterocycles. The molecule has 1 unspecified atom stereocenters. The number of rotatable bonds is 3. The van der Waals surface area contributed by atoms with Crippen LogP contribution in [0, 0.1) is 0 Å². The van der Waals surface area contributed by atoms with E-state index in [0.29, 0.717) is 18.9 Å². The van der Waals surface area contributed by atoms with Gasteiger partial charge in [-0.25, -0.2) is 0 Å². The third-order valence-electron chi connectivity index (χ3n) is 2.83. The quantitative estimate of drug-likeness (QED) is 0.686. The molecule has 0 aromatic heterocycles. The number of likely N-dealkylation sites (tertiary alicyclic amines) is 1. The first kappa shape index (κ1) is 9.97. The van der Waals surface area contributed by atoms with Crippen LogP contribution in [0.4, 0.5) is 0 Å². The van der Waals surface area contributed by atoms with Crippen LogP contribution in [0.1, 0.15) is 17.9 Å². The van der Waals surface area contributed by atoms with Gasteiger partial charge in [-0.1, -0.05) is 36.4 Å². The maximum absolute atomic E-state index is 11.6. The van der Waals surface area contributed by atoms with E-state index in [1.165, 1.54) is 5.56 Å². The van der Waals surface area contributed by atoms with E-state index in [-0.39, 0.29) is 5.91 Å². The molecule has 0 aliphatic carbocycles. The van der Waals surface area contributed by atoms with Crippen LogP contribution in [0.5, 0.6) is 0 Å². The molecule has 0 bridgehead atoms. The Morgan fingerprint density at radius 3 is 2.80 bits per heavy atom. The average Bonchev–Trinajstić information content (AvgIpc) is 2.63. The number of hydrogen-bond donors (Lipinski definition) is 0. The van der Waals surface area contributed by atoms with Crippen LogP contribution >= 0.6 is 0 Å². The summed E-state index contributed by atoms with van der Waals surface area (Å²) in [5.74, 6) is 0.599. The lowest BCUT2D eigenvalue weighted by Gasteiger charge is -2.13. The number of hydrogen-bond acceptors (Lipinski definition) is 1. The van der Waals surface area contributed by atoms with E-state index in [0.717, 1.165) is 6.54 Å². The first-order chi connectivity index (χ1) is 7.31. The Hall–Kier alpha value is -1.57. The molecule has 1 aliphatic rings. The summed E-state index contributed by atoms with van der Waals surface area (Å²) in [6.07, 6.45) is 2.42. The predicted molar refractivity (Wildman–Crippen MR) is 60.6 cm³/mol. The van der Waals surface area contributed by atoms with E-state index in [9.17, 15) is 4.79 Å². The highest BCUT2D eigenvalue weighted by atomic mass is 16.2. The second-order valence-electron chi connectivity index (χ2n) is 3.90. The van der Waals surface area contributed by atoms with Crippen molar-refractivity contribution >= 4 is 5.91 Å². The van der Waals surface area contributed by atoms with Gasteiger partial charge in [-0.15, -0.1) is 6.58 Å². The highest BCUT2D eigenvalue weighted by Gasteiger charge is 2.29. The molecule has 0 radical (unpaired) electrons. The molecule has 1 aromatic rings. The van der Waals surface area contributed by atoms with Crippen LogP contribution < -0.4 is 0 Å². The Morgan fingerprint density at radius 1 is 1.40 bits per heavy atom. The molecular formula is C13H15NO. The molecule has 78 valence electrons. The summed E-state index contributed by atoms with van der Waals surface area (Å²) in [4.78, 5) is 13.5. The minimum Gasteiger partial charge on any atom is -0.338 e. The molecule has 0 saturated carbocycles. The minimum atomic E-state index is 0.240. The third-order valence-corrected chi connectivity index (χ3v) is 2.83. The van der Waals surface area contributed by atoms with Crippen LogP contribution in [0.3, 0.4) is 0 Å². The van der Waals surface area contributed by atoms with Crippen LogP contribution in [-0.4, -0.2) is 23.9 Å². The number of carbonyl (C=O) groups is 1. The highest BCUT2D eigenvalue weighted by molar-refractivity contribution is 5.79. The summed E-state index contributed by atoms with van der Waals surface area (Å²) in [6, 6.07) is 10.2. The van der Waals surface area contributed by atoms with E-state index >= 15 is 0 Å². The van der Waals surface area contributed by atoms with Gasteiger partial charge < -0.3 is 4.90 Å². The van der Waals surface area contributed by atoms with E-state index < -0.39 is 0 Å². The molecule has 1 amide bonds. The third kappa shape index (κ3) is 2.09. The van der Waals surface area contributed by atoms with Crippen molar-refractivity contribution < 1.29 is 4.79 Å². The van der Waals surface area contributed by atoms with E-state index in [2.05, 4.69) is 18.7 Å². The maximum atomic E-state index is 11.6. The number of nitrogens with zero attached hydrogens (tertiary/aromatic N) is 1. The molecule has 1 heterocycles. The Morgan fingerprint density at radius 2 is 2.13 bits per heavy atom. The second kappa shape index (κ2) is 4.30. The summed E-state index contributed by atoms with van der Waals surface area (Å²) < 4.78 is 0. The first-order valence-corrected chi connectivity index (χ1v) is 5.25. The van der Waals surface area contributed by atoms with Crippen molar-refractivity contribution in [3.63, 3.8) is 0 Å². The van der Waals surface area contributed by atoms with Gasteiger partial charge in [0.1, 0.15) is 0 Å². The smallest absolute Gasteiger partial charge is 0.223 e. The van der Waals surface area contributed by atoms with Gasteiger partial charge in [-0.2, -0.15) is 0 Å². The fraction of sp³-hybridized carbons (Fsp3) is 0.308. The fourth-order valence-corrected chi connectivity index (χ4v) is 2.05. The van der Waals surface area contributed by atoms with Gasteiger partial charge in [0.15, 0.2) is 0 Å². The van der Waals surface area contributed by atoms with Gasteiger partial charge in [-0.3, -0.25) is 4.79 Å². The molecule has 2 nitrogen and oxygen atoms in total. The molecule has 0 N–H and O–H groups in total. The first-order valence-electron chi connectivity index (χ1n) is 5.25. The normalized spacial score (nSPS) is 20.7. The molecule has 2 heteroatoms. The average molecular weight is 201 g/mol. The standard InChI is InChI=1S/C13H15NO/c1-2-8-14-10-12(9-13(14)15)11-6-4-3-5-7-11/h2-7,12H,1,8-10H2. The lowest BCUT2D eigenvalue weighted by atomic mass is 9.99. The van der Waals surface area contributed by atoms with Crippen molar-refractivity contribution in [1.29, 1.82) is 0 Å². The lowest BCUT2D eigenvalue weighted by Crippen LogP contribution is -2.24. The Kier molecular flexibility index (Phi) is 2.86. The van der Waals surface area contributed by atoms with Crippen LogP contribution in [-0.2, 0) is 4.79 Å². The molecule has 0 spiro atoms. The van der Waals surface area contributed by atoms with Gasteiger partial charge in [0.25, 0.3) is 0 Å². The molecule has 1 saturated heterocycles. The highest BCUT2D eigenvalue weighted by Crippen LogP contribution is 2.27. The van der Waals surface area contributed by atoms with Crippen molar-refractivity contribution in [2.75, 3.05) is 13.1 Å². The summed E-state index contributed by atoms with van der Waals surface area (Å²) in [7, 11) is 0. The van der Waals surface area contributed by atoms with Gasteiger partial charge in [0, 0.05) is 25.4 Å². The Labute approximate surface area is 90.2 Å². The number of amides is 1. The molecule has 15 heavy (non-hydrogen) atoms. The van der Waals surface area contributed by atoms with Crippen LogP contribution in [0.15, 0.2) is 43.0 Å². The number of carbonyl (C=O) groups excluding carboxylic acids is 1. The molecular weight excluding hydrogens is 186 g/mol. The van der Waals surface area contributed by atoms with Crippen LogP contribution in [0.2, 0.25) is 0 Å². The summed E-state index contributed by atoms with van der Waals surface area (Å²) >= 11 is 0. The molecule has 1 atom stereocenters. The van der Waals surface area contributed by atoms with Crippen molar-refractivity contribution in [2.45, 2.75) is 12.3 Å². The summed E-state index contributed by atoms with van der Waals surface area (Å²) in [5, 5.41) is 0. The van der Waals surface area contributed by atoms with Gasteiger partial charge in [-0.05, 0) is 5.56 Å². The summed E-state index contributed by atoms with van der Waals surface area (Å²) in [6.45, 7) is 5.16. The van der Waals surface area contributed by atoms with Crippen molar-refractivity contribution in [1.82, 2.24) is 4.90 Å². The van der Waals surface area contributed by atoms with E-state index in [4.69, 9.17) is 0 Å². The zero-order valence-corrected chi connectivity index (χ0v) is 8.73. The van der Waals surface area contributed by atoms with Gasteiger partial charge in [0.05, 0.1) is 0 Å². The van der Waals surface area contributed by atoms with E-state index in [1.54, 1.807) is 6.08 Å². The number of benzene rings is 1. The van der Waals surface area contributed by atoms with Crippen molar-refractivity contribution in [2.24, 2.45) is 0 Å². The zero-order valence-electron chi connectivity index (χ0n) is 8.73. The van der Waals surface area contributed by atoms with Crippen LogP contribution in [0.25, 0.3) is 0 Å². The minimum absolute atomic E-state index is 0.240. The topological polar surface area (TPSA) is 20.3 Å². The Balaban J connectivity index is 2.09. The SMILES string of the molecule is C=CCN1CC(c2ccccc2)CC1=O. The van der Waals surface area contributed by atoms with Gasteiger partial charge in [0.2, 0.25) is 5.91 Å². The molecule has 1 aromatic carbocycles. The lowest BCUT2D eigenvalue weighted by molar-refractivity contribution is -0.127. The van der Waals surface area contributed by atoms with E-state index in [1.807, 2.05) is 23.1 Å². The maximum Gasteiger partial charge on any atom is 0.223 e. The van der Waals surface area contributed by atoms with Crippen molar-refractivity contribution in [3.8, 4) is 0 Å². The second-order valence-corrected chi connectivity index (χ2v) is 3.90. The molecule has 2 rings (SSSR count). The monoisotopic (exact) mass is 201 g/mol.